The fourth-order valence-electron chi connectivity index (χ4n) is 1.55. The zero-order valence-corrected chi connectivity index (χ0v) is 14.7. The van der Waals surface area contributed by atoms with Crippen LogP contribution < -0.4 is 34.7 Å². The number of likely N-dealkylation sites (N-methyl/N-ethyl adjacent to an activating group) is 1. The van der Waals surface area contributed by atoms with Crippen molar-refractivity contribution in [3.05, 3.63) is 18.2 Å². The number of aromatic nitrogens is 2. The van der Waals surface area contributed by atoms with Crippen LogP contribution in [0.15, 0.2) is 12.5 Å². The van der Waals surface area contributed by atoms with Gasteiger partial charge < -0.3 is 19.2 Å². The minimum Gasteiger partial charge on any atom is -0.547 e. The van der Waals surface area contributed by atoms with Crippen molar-refractivity contribution in [1.29, 1.82) is 0 Å². The van der Waals surface area contributed by atoms with Crippen molar-refractivity contribution in [1.82, 2.24) is 14.5 Å². The molecule has 0 aromatic carbocycles. The number of amides is 1. The molecule has 1 heterocycles. The van der Waals surface area contributed by atoms with Gasteiger partial charge in [-0.05, 0) is 20.8 Å². The van der Waals surface area contributed by atoms with Crippen molar-refractivity contribution in [2.24, 2.45) is 7.05 Å². The Morgan fingerprint density at radius 3 is 2.35 bits per heavy atom. The number of aliphatic carboxylic acids is 1. The number of nitrogens with zero attached hydrogens (tertiary/aromatic N) is 3. The van der Waals surface area contributed by atoms with Crippen LogP contribution in [0.3, 0.4) is 0 Å². The number of carbonyl (C=O) groups excluding carboxylic acids is 2. The number of carboxylic acids is 1. The van der Waals surface area contributed by atoms with Crippen molar-refractivity contribution < 1.29 is 49.0 Å². The molecule has 0 bridgehead atoms. The maximum Gasteiger partial charge on any atom is 1.00 e. The summed E-state index contributed by atoms with van der Waals surface area (Å²) >= 11 is 0. The summed E-state index contributed by atoms with van der Waals surface area (Å²) in [7, 11) is 2.99. The zero-order valence-electron chi connectivity index (χ0n) is 12.7. The molecule has 1 unspecified atom stereocenters. The van der Waals surface area contributed by atoms with Gasteiger partial charge in [0.25, 0.3) is 0 Å². The second-order valence-electron chi connectivity index (χ2n) is 5.24. The predicted octanol–water partition coefficient (Wildman–Crippen LogP) is -2.92. The van der Waals surface area contributed by atoms with E-state index in [2.05, 4.69) is 4.98 Å². The van der Waals surface area contributed by atoms with E-state index in [9.17, 15) is 14.7 Å². The van der Waals surface area contributed by atoms with Crippen LogP contribution in [0.4, 0.5) is 4.79 Å². The summed E-state index contributed by atoms with van der Waals surface area (Å²) in [5, 5.41) is 11.3. The Bertz CT molecular complexity index is 481. The quantitative estimate of drug-likeness (QED) is 0.557. The average molecular weight is 291 g/mol. The average Bonchev–Trinajstić information content (AvgIpc) is 2.62. The first-order valence-corrected chi connectivity index (χ1v) is 5.76. The molecule has 8 heteroatoms. The van der Waals surface area contributed by atoms with E-state index in [1.165, 1.54) is 24.1 Å². The monoisotopic (exact) mass is 291 g/mol. The molecule has 1 aromatic rings. The molecule has 0 aliphatic carbocycles. The van der Waals surface area contributed by atoms with E-state index in [1.54, 1.807) is 27.8 Å². The maximum atomic E-state index is 11.9. The van der Waals surface area contributed by atoms with E-state index in [0.29, 0.717) is 5.69 Å². The largest absolute Gasteiger partial charge is 1.00 e. The van der Waals surface area contributed by atoms with Crippen LogP contribution in [0.1, 0.15) is 32.5 Å². The second-order valence-corrected chi connectivity index (χ2v) is 5.24. The molecule has 7 nitrogen and oxygen atoms in total. The van der Waals surface area contributed by atoms with Gasteiger partial charge in [-0.25, -0.2) is 9.78 Å². The Hall–Kier alpha value is -1.05. The molecule has 1 amide bonds. The minimum absolute atomic E-state index is 0. The van der Waals surface area contributed by atoms with E-state index in [-0.39, 0.29) is 29.6 Å². The number of hydrogen-bond donors (Lipinski definition) is 0. The van der Waals surface area contributed by atoms with E-state index < -0.39 is 23.7 Å². The van der Waals surface area contributed by atoms with Gasteiger partial charge >= 0.3 is 35.7 Å². The van der Waals surface area contributed by atoms with Crippen molar-refractivity contribution >= 4 is 12.1 Å². The van der Waals surface area contributed by atoms with Crippen LogP contribution in [-0.4, -0.2) is 39.2 Å². The molecule has 0 aliphatic rings. The van der Waals surface area contributed by atoms with Gasteiger partial charge in [-0.15, -0.1) is 0 Å². The Morgan fingerprint density at radius 2 is 2.00 bits per heavy atom. The third-order valence-electron chi connectivity index (χ3n) is 2.43. The number of imidazole rings is 1. The third kappa shape index (κ3) is 4.81. The van der Waals surface area contributed by atoms with Crippen LogP contribution in [0, 0.1) is 0 Å². The molecule has 106 valence electrons. The number of carboxylic acid groups (broad SMARTS) is 1. The number of hydrogen-bond acceptors (Lipinski definition) is 5. The van der Waals surface area contributed by atoms with Gasteiger partial charge in [-0.1, -0.05) is 0 Å². The van der Waals surface area contributed by atoms with Crippen molar-refractivity contribution in [3.63, 3.8) is 0 Å². The first-order valence-electron chi connectivity index (χ1n) is 5.76. The Labute approximate surface area is 140 Å². The molecule has 0 N–H and O–H groups in total. The molecule has 1 atom stereocenters. The van der Waals surface area contributed by atoms with Crippen molar-refractivity contribution in [2.45, 2.75) is 32.4 Å². The van der Waals surface area contributed by atoms with E-state index >= 15 is 0 Å². The molecule has 0 saturated heterocycles. The standard InChI is InChI=1S/C12H19N3O4.Na/c1-12(2,3)19-11(18)15(5)9(10(16)17)8-6-13-7-14(8)4;/h6-7,9H,1-5H3,(H,16,17);/q;+1/p-1. The van der Waals surface area contributed by atoms with Crippen LogP contribution in [0.2, 0.25) is 0 Å². The van der Waals surface area contributed by atoms with Crippen LogP contribution in [0.5, 0.6) is 0 Å². The number of rotatable bonds is 3. The van der Waals surface area contributed by atoms with Gasteiger partial charge in [0.1, 0.15) is 11.6 Å². The molecule has 20 heavy (non-hydrogen) atoms. The van der Waals surface area contributed by atoms with E-state index in [1.807, 2.05) is 0 Å². The Kier molecular flexibility index (Phi) is 6.73. The predicted molar refractivity (Wildman–Crippen MR) is 65.0 cm³/mol. The molecule has 0 radical (unpaired) electrons. The van der Waals surface area contributed by atoms with Crippen LogP contribution >= 0.6 is 0 Å². The summed E-state index contributed by atoms with van der Waals surface area (Å²) < 4.78 is 6.65. The second kappa shape index (κ2) is 7.10. The van der Waals surface area contributed by atoms with Gasteiger partial charge in [-0.2, -0.15) is 0 Å². The summed E-state index contributed by atoms with van der Waals surface area (Å²) in [6, 6.07) is -1.25. The molecular formula is C12H18N3NaO4. The maximum absolute atomic E-state index is 11.9. The minimum atomic E-state index is -1.39. The summed E-state index contributed by atoms with van der Waals surface area (Å²) in [5.41, 5.74) is -0.359. The SMILES string of the molecule is CN(C(=O)OC(C)(C)C)C(C(=O)[O-])c1cncn1C.[Na+]. The fourth-order valence-corrected chi connectivity index (χ4v) is 1.55. The topological polar surface area (TPSA) is 87.5 Å². The van der Waals surface area contributed by atoms with Crippen LogP contribution in [0.25, 0.3) is 0 Å². The fraction of sp³-hybridized carbons (Fsp3) is 0.583. The summed E-state index contributed by atoms with van der Waals surface area (Å²) in [6.45, 7) is 5.12. The van der Waals surface area contributed by atoms with Gasteiger partial charge in [0.05, 0.1) is 24.2 Å². The number of carbonyl (C=O) groups is 2. The van der Waals surface area contributed by atoms with Crippen molar-refractivity contribution in [3.8, 4) is 0 Å². The van der Waals surface area contributed by atoms with Crippen molar-refractivity contribution in [2.75, 3.05) is 7.05 Å². The Morgan fingerprint density at radius 1 is 1.45 bits per heavy atom. The third-order valence-corrected chi connectivity index (χ3v) is 2.43. The molecule has 1 rings (SSSR count). The van der Waals surface area contributed by atoms with Gasteiger partial charge in [0.2, 0.25) is 0 Å². The van der Waals surface area contributed by atoms with Crippen LogP contribution in [-0.2, 0) is 16.6 Å². The molecule has 0 spiro atoms. The summed E-state index contributed by atoms with van der Waals surface area (Å²) in [4.78, 5) is 28.0. The normalized spacial score (nSPS) is 12.2. The summed E-state index contributed by atoms with van der Waals surface area (Å²) in [6.07, 6.45) is 2.10. The van der Waals surface area contributed by atoms with Gasteiger partial charge in [0, 0.05) is 14.1 Å². The first-order chi connectivity index (χ1) is 8.63. The number of aryl methyl sites for hydroxylation is 1. The number of ether oxygens (including phenoxy) is 1. The molecule has 0 saturated carbocycles. The molecular weight excluding hydrogens is 273 g/mol. The van der Waals surface area contributed by atoms with E-state index in [0.717, 1.165) is 4.90 Å². The molecule has 0 aliphatic heterocycles. The van der Waals surface area contributed by atoms with E-state index in [4.69, 9.17) is 4.74 Å². The molecule has 1 aromatic heterocycles. The van der Waals surface area contributed by atoms with Gasteiger partial charge in [0.15, 0.2) is 0 Å². The molecule has 0 fully saturated rings. The Balaban J connectivity index is 0.00000361. The zero-order chi connectivity index (χ0) is 14.8. The van der Waals surface area contributed by atoms with Gasteiger partial charge in [-0.3, -0.25) is 4.90 Å². The first kappa shape index (κ1) is 18.9. The smallest absolute Gasteiger partial charge is 0.547 e. The summed E-state index contributed by atoms with van der Waals surface area (Å²) in [5.74, 6) is -1.39.